The molecule has 0 aliphatic carbocycles. The summed E-state index contributed by atoms with van der Waals surface area (Å²) in [5, 5.41) is 12.0. The van der Waals surface area contributed by atoms with Crippen LogP contribution in [0.1, 0.15) is 30.1 Å². The summed E-state index contributed by atoms with van der Waals surface area (Å²) in [5.41, 5.74) is 4.25. The van der Waals surface area contributed by atoms with Crippen molar-refractivity contribution in [2.24, 2.45) is 5.92 Å². The summed E-state index contributed by atoms with van der Waals surface area (Å²) < 4.78 is 33.0. The van der Waals surface area contributed by atoms with Gasteiger partial charge in [-0.05, 0) is 65.9 Å². The van der Waals surface area contributed by atoms with Crippen molar-refractivity contribution in [1.29, 1.82) is 0 Å². The molecular weight excluding hydrogens is 482 g/mol. The number of fused-ring (bicyclic) bond motifs is 1. The number of carbonyl (C=O) groups excluding carboxylic acids is 1. The van der Waals surface area contributed by atoms with E-state index >= 15 is 0 Å². The number of nitrogens with zero attached hydrogens (tertiary/aromatic N) is 1. The Kier molecular flexibility index (Phi) is 6.91. The van der Waals surface area contributed by atoms with Crippen molar-refractivity contribution >= 4 is 38.7 Å². The monoisotopic (exact) mass is 507 g/mol. The predicted molar refractivity (Wildman–Crippen MR) is 135 cm³/mol. The third-order valence-electron chi connectivity index (χ3n) is 5.59. The summed E-state index contributed by atoms with van der Waals surface area (Å²) in [6.07, 6.45) is 0. The molecule has 0 saturated heterocycles. The van der Waals surface area contributed by atoms with Crippen LogP contribution in [0.15, 0.2) is 76.0 Å². The number of rotatable bonds is 8. The average molecular weight is 508 g/mol. The van der Waals surface area contributed by atoms with E-state index in [1.54, 1.807) is 56.3 Å². The maximum Gasteiger partial charge on any atom is 0.322 e. The molecule has 0 radical (unpaired) electrons. The zero-order valence-electron chi connectivity index (χ0n) is 19.8. The molecule has 1 amide bonds. The SMILES string of the molecule is Cc1ccc2oc(C(=O)Nc3ccc(-c4ccc(S(=O)(=O)NC(C(=O)O)C(C)C)cc4)cc3)nc2c1. The van der Waals surface area contributed by atoms with Crippen LogP contribution in [0.3, 0.4) is 0 Å². The highest BCUT2D eigenvalue weighted by Gasteiger charge is 2.28. The third kappa shape index (κ3) is 5.45. The average Bonchev–Trinajstić information content (AvgIpc) is 3.26. The number of anilines is 1. The van der Waals surface area contributed by atoms with Crippen LogP contribution in [-0.4, -0.2) is 36.4 Å². The Labute approximate surface area is 208 Å². The number of carbonyl (C=O) groups is 2. The molecule has 1 aromatic heterocycles. The molecular formula is C26H25N3O6S. The van der Waals surface area contributed by atoms with Crippen LogP contribution in [0, 0.1) is 12.8 Å². The zero-order chi connectivity index (χ0) is 26.0. The topological polar surface area (TPSA) is 139 Å². The number of carboxylic acids is 1. The third-order valence-corrected chi connectivity index (χ3v) is 7.05. The highest BCUT2D eigenvalue weighted by molar-refractivity contribution is 7.89. The first-order chi connectivity index (χ1) is 17.0. The number of carboxylic acid groups (broad SMARTS) is 1. The van der Waals surface area contributed by atoms with Crippen molar-refractivity contribution in [3.05, 3.63) is 78.2 Å². The second-order valence-electron chi connectivity index (χ2n) is 8.73. The van der Waals surface area contributed by atoms with Crippen molar-refractivity contribution in [2.75, 3.05) is 5.32 Å². The van der Waals surface area contributed by atoms with E-state index in [-0.39, 0.29) is 10.8 Å². The van der Waals surface area contributed by atoms with Gasteiger partial charge in [0.15, 0.2) is 5.58 Å². The minimum Gasteiger partial charge on any atom is -0.480 e. The minimum absolute atomic E-state index is 0.0319. The van der Waals surface area contributed by atoms with Crippen LogP contribution in [0.4, 0.5) is 5.69 Å². The Morgan fingerprint density at radius 3 is 2.14 bits per heavy atom. The summed E-state index contributed by atoms with van der Waals surface area (Å²) in [7, 11) is -4.00. The minimum atomic E-state index is -4.00. The first-order valence-corrected chi connectivity index (χ1v) is 12.7. The van der Waals surface area contributed by atoms with E-state index < -0.39 is 33.9 Å². The van der Waals surface area contributed by atoms with E-state index in [4.69, 9.17) is 4.42 Å². The number of benzene rings is 3. The van der Waals surface area contributed by atoms with Crippen LogP contribution in [0.5, 0.6) is 0 Å². The second kappa shape index (κ2) is 9.92. The molecule has 4 rings (SSSR count). The van der Waals surface area contributed by atoms with Crippen molar-refractivity contribution in [2.45, 2.75) is 31.7 Å². The second-order valence-corrected chi connectivity index (χ2v) is 10.4. The quantitative estimate of drug-likeness (QED) is 0.320. The Hall–Kier alpha value is -4.02. The Bertz CT molecular complexity index is 1520. The molecule has 1 unspecified atom stereocenters. The number of aliphatic carboxylic acids is 1. The number of hydrogen-bond acceptors (Lipinski definition) is 6. The number of hydrogen-bond donors (Lipinski definition) is 3. The van der Waals surface area contributed by atoms with Gasteiger partial charge < -0.3 is 14.8 Å². The fraction of sp³-hybridized carbons (Fsp3) is 0.192. The first kappa shape index (κ1) is 25.1. The van der Waals surface area contributed by atoms with Crippen molar-refractivity contribution < 1.29 is 27.5 Å². The number of aromatic nitrogens is 1. The van der Waals surface area contributed by atoms with Gasteiger partial charge in [-0.3, -0.25) is 9.59 Å². The first-order valence-electron chi connectivity index (χ1n) is 11.2. The van der Waals surface area contributed by atoms with E-state index in [1.807, 2.05) is 19.1 Å². The molecule has 9 nitrogen and oxygen atoms in total. The van der Waals surface area contributed by atoms with Crippen LogP contribution < -0.4 is 10.0 Å². The molecule has 186 valence electrons. The smallest absolute Gasteiger partial charge is 0.322 e. The van der Waals surface area contributed by atoms with Gasteiger partial charge in [0.25, 0.3) is 5.89 Å². The lowest BCUT2D eigenvalue weighted by Crippen LogP contribution is -2.44. The highest BCUT2D eigenvalue weighted by atomic mass is 32.2. The Morgan fingerprint density at radius 1 is 0.944 bits per heavy atom. The molecule has 0 spiro atoms. The Balaban J connectivity index is 1.45. The van der Waals surface area contributed by atoms with Crippen LogP contribution in [0.25, 0.3) is 22.2 Å². The van der Waals surface area contributed by atoms with Gasteiger partial charge in [-0.15, -0.1) is 0 Å². The molecule has 0 saturated carbocycles. The fourth-order valence-corrected chi connectivity index (χ4v) is 4.94. The molecule has 3 N–H and O–H groups in total. The molecule has 0 aliphatic rings. The molecule has 0 bridgehead atoms. The molecule has 0 aliphatic heterocycles. The normalized spacial score (nSPS) is 12.6. The summed E-state index contributed by atoms with van der Waals surface area (Å²) in [6, 6.07) is 17.4. The van der Waals surface area contributed by atoms with Crippen LogP contribution in [0.2, 0.25) is 0 Å². The summed E-state index contributed by atoms with van der Waals surface area (Å²) in [6.45, 7) is 5.19. The largest absolute Gasteiger partial charge is 0.480 e. The predicted octanol–water partition coefficient (Wildman–Crippen LogP) is 4.44. The van der Waals surface area contributed by atoms with Gasteiger partial charge in [-0.1, -0.05) is 44.2 Å². The molecule has 36 heavy (non-hydrogen) atoms. The van der Waals surface area contributed by atoms with Gasteiger partial charge in [0.05, 0.1) is 4.90 Å². The number of aryl methyl sites for hydroxylation is 1. The lowest BCUT2D eigenvalue weighted by Gasteiger charge is -2.18. The molecule has 1 heterocycles. The molecule has 1 atom stereocenters. The van der Waals surface area contributed by atoms with Gasteiger partial charge >= 0.3 is 11.9 Å². The maximum atomic E-state index is 12.6. The maximum absolute atomic E-state index is 12.6. The Morgan fingerprint density at radius 2 is 1.56 bits per heavy atom. The number of sulfonamides is 1. The standard InChI is InChI=1S/C26H25N3O6S/c1-15(2)23(26(31)32)29-36(33,34)20-11-7-18(8-12-20)17-5-9-19(10-6-17)27-24(30)25-28-21-14-16(3)4-13-22(21)35-25/h4-15,23,29H,1-3H3,(H,27,30)(H,31,32). The van der Waals surface area contributed by atoms with Gasteiger partial charge in [-0.2, -0.15) is 4.72 Å². The lowest BCUT2D eigenvalue weighted by molar-refractivity contribution is -0.140. The molecule has 10 heteroatoms. The van der Waals surface area contributed by atoms with Crippen LogP contribution in [-0.2, 0) is 14.8 Å². The number of amides is 1. The van der Waals surface area contributed by atoms with Crippen molar-refractivity contribution in [3.8, 4) is 11.1 Å². The van der Waals surface area contributed by atoms with E-state index in [0.29, 0.717) is 16.8 Å². The molecule has 0 fully saturated rings. The van der Waals surface area contributed by atoms with Gasteiger partial charge in [-0.25, -0.2) is 13.4 Å². The number of oxazole rings is 1. The summed E-state index contributed by atoms with van der Waals surface area (Å²) in [4.78, 5) is 28.1. The van der Waals surface area contributed by atoms with Crippen molar-refractivity contribution in [1.82, 2.24) is 9.71 Å². The number of nitrogens with one attached hydrogen (secondary N) is 2. The fourth-order valence-electron chi connectivity index (χ4n) is 3.60. The van der Waals surface area contributed by atoms with E-state index in [1.165, 1.54) is 12.1 Å². The van der Waals surface area contributed by atoms with E-state index in [0.717, 1.165) is 16.7 Å². The van der Waals surface area contributed by atoms with Crippen LogP contribution >= 0.6 is 0 Å². The van der Waals surface area contributed by atoms with Gasteiger partial charge in [0.1, 0.15) is 11.6 Å². The molecule has 4 aromatic rings. The summed E-state index contributed by atoms with van der Waals surface area (Å²) >= 11 is 0. The summed E-state index contributed by atoms with van der Waals surface area (Å²) in [5.74, 6) is -2.15. The van der Waals surface area contributed by atoms with E-state index in [2.05, 4.69) is 15.0 Å². The van der Waals surface area contributed by atoms with Gasteiger partial charge in [0.2, 0.25) is 10.0 Å². The van der Waals surface area contributed by atoms with Crippen molar-refractivity contribution in [3.63, 3.8) is 0 Å². The van der Waals surface area contributed by atoms with Gasteiger partial charge in [0, 0.05) is 5.69 Å². The zero-order valence-corrected chi connectivity index (χ0v) is 20.7. The molecule has 3 aromatic carbocycles. The lowest BCUT2D eigenvalue weighted by atomic mass is 10.1. The van der Waals surface area contributed by atoms with E-state index in [9.17, 15) is 23.1 Å². The highest BCUT2D eigenvalue weighted by Crippen LogP contribution is 2.24.